The molecule has 2 unspecified atom stereocenters. The number of hydrogen-bond donors (Lipinski definition) is 3. The lowest BCUT2D eigenvalue weighted by Crippen LogP contribution is -2.48. The van der Waals surface area contributed by atoms with Crippen molar-refractivity contribution in [3.8, 4) is 11.8 Å². The number of nitrogens with zero attached hydrogens (tertiary/aromatic N) is 5. The van der Waals surface area contributed by atoms with Gasteiger partial charge in [0.2, 0.25) is 5.95 Å². The minimum absolute atomic E-state index is 0.0167. The second kappa shape index (κ2) is 12.7. The maximum atomic E-state index is 12.4. The average Bonchev–Trinajstić information content (AvgIpc) is 3.32. The monoisotopic (exact) mass is 534 g/mol. The number of carbonyl (C=O) groups is 1. The van der Waals surface area contributed by atoms with Crippen molar-refractivity contribution in [1.82, 2.24) is 24.9 Å². The molecule has 206 valence electrons. The van der Waals surface area contributed by atoms with Crippen LogP contribution in [0, 0.1) is 0 Å². The molecule has 0 spiro atoms. The van der Waals surface area contributed by atoms with Crippen molar-refractivity contribution >= 4 is 17.9 Å². The van der Waals surface area contributed by atoms with Crippen LogP contribution in [0.2, 0.25) is 0 Å². The van der Waals surface area contributed by atoms with Crippen molar-refractivity contribution in [3.05, 3.63) is 72.1 Å². The molecule has 3 N–H and O–H groups in total. The average molecular weight is 535 g/mol. The topological polar surface area (TPSA) is 125 Å². The molecule has 11 heteroatoms. The van der Waals surface area contributed by atoms with E-state index >= 15 is 0 Å². The van der Waals surface area contributed by atoms with Crippen molar-refractivity contribution in [3.63, 3.8) is 0 Å². The smallest absolute Gasteiger partial charge is 0.278 e. The Balaban J connectivity index is 1.16. The van der Waals surface area contributed by atoms with Crippen molar-refractivity contribution in [2.45, 2.75) is 31.6 Å². The van der Waals surface area contributed by atoms with Gasteiger partial charge in [0.15, 0.2) is 18.1 Å². The largest absolute Gasteiger partial charge is 0.494 e. The predicted octanol–water partition coefficient (Wildman–Crippen LogP) is 2.95. The Kier molecular flexibility index (Phi) is 8.71. The number of ether oxygens (including phenoxy) is 1. The fourth-order valence-electron chi connectivity index (χ4n) is 4.76. The highest BCUT2D eigenvalue weighted by atomic mass is 16.8. The van der Waals surface area contributed by atoms with Crippen LogP contribution in [0.1, 0.15) is 41.2 Å². The molecule has 0 saturated carbocycles. The molecule has 11 nitrogen and oxygen atoms in total. The molecule has 39 heavy (non-hydrogen) atoms. The van der Waals surface area contributed by atoms with Gasteiger partial charge in [0.25, 0.3) is 5.91 Å². The van der Waals surface area contributed by atoms with E-state index < -0.39 is 12.2 Å². The first-order chi connectivity index (χ1) is 19.1. The summed E-state index contributed by atoms with van der Waals surface area (Å²) in [5.74, 6) is 0.182. The molecule has 2 atom stereocenters. The quantitative estimate of drug-likeness (QED) is 0.355. The van der Waals surface area contributed by atoms with Gasteiger partial charge in [-0.15, -0.1) is 0 Å². The van der Waals surface area contributed by atoms with Gasteiger partial charge in [-0.2, -0.15) is 0 Å². The van der Waals surface area contributed by atoms with Gasteiger partial charge in [0.1, 0.15) is 0 Å². The molecule has 2 fully saturated rings. The van der Waals surface area contributed by atoms with Gasteiger partial charge in [-0.25, -0.2) is 20.3 Å². The first-order valence-electron chi connectivity index (χ1n) is 13.3. The number of hydrogen-bond acceptors (Lipinski definition) is 9. The number of rotatable bonds is 9. The first kappa shape index (κ1) is 26.7. The van der Waals surface area contributed by atoms with Crippen LogP contribution in [-0.4, -0.2) is 81.2 Å². The second-order valence-corrected chi connectivity index (χ2v) is 9.66. The van der Waals surface area contributed by atoms with Gasteiger partial charge in [0.05, 0.1) is 11.6 Å². The molecule has 1 amide bonds. The molecule has 2 saturated heterocycles. The van der Waals surface area contributed by atoms with Crippen molar-refractivity contribution < 1.29 is 24.6 Å². The van der Waals surface area contributed by atoms with E-state index in [4.69, 9.17) is 9.57 Å². The highest BCUT2D eigenvalue weighted by molar-refractivity contribution is 5.92. The van der Waals surface area contributed by atoms with Gasteiger partial charge in [-0.1, -0.05) is 42.5 Å². The van der Waals surface area contributed by atoms with Gasteiger partial charge >= 0.3 is 0 Å². The zero-order valence-electron chi connectivity index (χ0n) is 21.7. The summed E-state index contributed by atoms with van der Waals surface area (Å²) in [6.45, 7) is 4.14. The van der Waals surface area contributed by atoms with Crippen molar-refractivity contribution in [1.29, 1.82) is 0 Å². The number of aromatic nitrogens is 3. The number of benzene rings is 1. The van der Waals surface area contributed by atoms with Gasteiger partial charge < -0.3 is 19.8 Å². The van der Waals surface area contributed by atoms with Crippen LogP contribution < -0.4 is 10.4 Å². The fraction of sp³-hybridized carbons (Fsp3) is 0.393. The van der Waals surface area contributed by atoms with Crippen LogP contribution in [0.3, 0.4) is 0 Å². The number of carbonyl (C=O) groups excluding carboxylic acids is 1. The Morgan fingerprint density at radius 1 is 1.05 bits per heavy atom. The number of anilines is 1. The summed E-state index contributed by atoms with van der Waals surface area (Å²) in [6, 6.07) is 12.7. The summed E-state index contributed by atoms with van der Waals surface area (Å²) in [6.07, 6.45) is 9.33. The van der Waals surface area contributed by atoms with Gasteiger partial charge in [-0.3, -0.25) is 14.3 Å². The molecule has 2 aliphatic rings. The Bertz CT molecular complexity index is 1220. The van der Waals surface area contributed by atoms with Crippen LogP contribution in [-0.2, 0) is 9.57 Å². The lowest BCUT2D eigenvalue weighted by atomic mass is 10.1. The Morgan fingerprint density at radius 2 is 1.77 bits per heavy atom. The summed E-state index contributed by atoms with van der Waals surface area (Å²) >= 11 is 0. The highest BCUT2D eigenvalue weighted by Gasteiger charge is 2.24. The third kappa shape index (κ3) is 6.94. The lowest BCUT2D eigenvalue weighted by Gasteiger charge is -2.36. The minimum atomic E-state index is -0.418. The number of hydroxylamine groups is 1. The van der Waals surface area contributed by atoms with E-state index in [1.54, 1.807) is 0 Å². The van der Waals surface area contributed by atoms with Crippen LogP contribution >= 0.6 is 0 Å². The van der Waals surface area contributed by atoms with E-state index in [0.29, 0.717) is 37.8 Å². The lowest BCUT2D eigenvalue weighted by molar-refractivity contribution is -0.186. The molecule has 0 aliphatic carbocycles. The molecule has 3 aromatic rings. The summed E-state index contributed by atoms with van der Waals surface area (Å²) in [5, 5.41) is 20.7. The molecule has 5 rings (SSSR count). The Labute approximate surface area is 227 Å². The van der Waals surface area contributed by atoms with Gasteiger partial charge in [0, 0.05) is 70.3 Å². The molecular weight excluding hydrogens is 500 g/mol. The van der Waals surface area contributed by atoms with Crippen LogP contribution in [0.4, 0.5) is 5.95 Å². The molecule has 2 aliphatic heterocycles. The standard InChI is InChI=1S/C28H34N6O5/c35-24-11-12-25(36)34(24)23(10-9-21-6-2-1-3-7-21)20-32-13-15-33(16-14-32)28-29-18-22(19-30-28)27(37)31-39-26-8-4-5-17-38-26/h1-3,6-7,9-12,18-19,23,26,35-36H,4-5,8,13-17,20H2,(H,31,37). The van der Waals surface area contributed by atoms with Crippen molar-refractivity contribution in [2.24, 2.45) is 0 Å². The molecule has 0 bridgehead atoms. The highest BCUT2D eigenvalue weighted by Crippen LogP contribution is 2.29. The van der Waals surface area contributed by atoms with Crippen molar-refractivity contribution in [2.75, 3.05) is 44.2 Å². The Morgan fingerprint density at radius 3 is 2.44 bits per heavy atom. The number of piperazine rings is 1. The van der Waals surface area contributed by atoms with E-state index in [1.807, 2.05) is 42.5 Å². The molecule has 1 aromatic carbocycles. The molecule has 0 radical (unpaired) electrons. The minimum Gasteiger partial charge on any atom is -0.494 e. The second-order valence-electron chi connectivity index (χ2n) is 9.66. The summed E-state index contributed by atoms with van der Waals surface area (Å²) in [7, 11) is 0. The summed E-state index contributed by atoms with van der Waals surface area (Å²) in [5.41, 5.74) is 3.78. The SMILES string of the molecule is O=C(NOC1CCCCO1)c1cnc(N2CCN(CC(C=Cc3ccccc3)n3c(O)ccc3O)CC2)nc1. The van der Waals surface area contributed by atoms with Crippen LogP contribution in [0.25, 0.3) is 6.08 Å². The molecular formula is C28H34N6O5. The fourth-order valence-corrected chi connectivity index (χ4v) is 4.76. The number of amides is 1. The molecule has 4 heterocycles. The summed E-state index contributed by atoms with van der Waals surface area (Å²) in [4.78, 5) is 30.9. The Hall–Kier alpha value is -3.93. The van der Waals surface area contributed by atoms with Crippen LogP contribution in [0.5, 0.6) is 11.8 Å². The zero-order valence-corrected chi connectivity index (χ0v) is 21.7. The normalized spacial score (nSPS) is 19.3. The third-order valence-electron chi connectivity index (χ3n) is 6.94. The van der Waals surface area contributed by atoms with E-state index in [9.17, 15) is 15.0 Å². The number of nitrogens with one attached hydrogen (secondary N) is 1. The number of aromatic hydroxyl groups is 2. The van der Waals surface area contributed by atoms with E-state index in [0.717, 1.165) is 37.9 Å². The maximum absolute atomic E-state index is 12.4. The maximum Gasteiger partial charge on any atom is 0.278 e. The zero-order chi connectivity index (χ0) is 27.0. The van der Waals surface area contributed by atoms with E-state index in [-0.39, 0.29) is 17.8 Å². The molecule has 2 aromatic heterocycles. The van der Waals surface area contributed by atoms with E-state index in [2.05, 4.69) is 25.2 Å². The van der Waals surface area contributed by atoms with E-state index in [1.165, 1.54) is 29.1 Å². The van der Waals surface area contributed by atoms with Crippen LogP contribution in [0.15, 0.2) is 60.9 Å². The summed E-state index contributed by atoms with van der Waals surface area (Å²) < 4.78 is 6.98. The van der Waals surface area contributed by atoms with Gasteiger partial charge in [-0.05, 0) is 18.4 Å². The third-order valence-corrected chi connectivity index (χ3v) is 6.94. The predicted molar refractivity (Wildman–Crippen MR) is 145 cm³/mol. The first-order valence-corrected chi connectivity index (χ1v) is 13.3.